The number of halogens is 1. The number of nitrogens with zero attached hydrogens (tertiary/aromatic N) is 1. The summed E-state index contributed by atoms with van der Waals surface area (Å²) in [6.45, 7) is 5.20. The van der Waals surface area contributed by atoms with Gasteiger partial charge in [-0.1, -0.05) is 6.58 Å². The fourth-order valence-corrected chi connectivity index (χ4v) is 5.20. The summed E-state index contributed by atoms with van der Waals surface area (Å²) in [6.07, 6.45) is 0.975. The van der Waals surface area contributed by atoms with E-state index in [1.165, 1.54) is 35.6 Å². The van der Waals surface area contributed by atoms with Gasteiger partial charge in [-0.05, 0) is 43.3 Å². The molecule has 4 rings (SSSR count). The van der Waals surface area contributed by atoms with Crippen molar-refractivity contribution in [3.05, 3.63) is 66.0 Å². The number of sulfonamides is 1. The van der Waals surface area contributed by atoms with Crippen molar-refractivity contribution in [2.75, 3.05) is 30.7 Å². The van der Waals surface area contributed by atoms with Gasteiger partial charge in [-0.3, -0.25) is 13.9 Å². The van der Waals surface area contributed by atoms with Crippen LogP contribution in [-0.2, 0) is 19.6 Å². The Hall–Kier alpha value is -3.70. The Kier molecular flexibility index (Phi) is 6.87. The predicted octanol–water partition coefficient (Wildman–Crippen LogP) is 3.13. The minimum atomic E-state index is -3.76. The van der Waals surface area contributed by atoms with E-state index in [1.807, 2.05) is 0 Å². The van der Waals surface area contributed by atoms with E-state index < -0.39 is 39.9 Å². The maximum atomic E-state index is 13.5. The number of nitrogens with one attached hydrogen (secondary N) is 2. The number of carbonyl (C=O) groups excluding carboxylic acids is 2. The van der Waals surface area contributed by atoms with E-state index in [4.69, 9.17) is 9.15 Å². The molecule has 2 aromatic carbocycles. The lowest BCUT2D eigenvalue weighted by molar-refractivity contribution is -0.117. The van der Waals surface area contributed by atoms with Gasteiger partial charge in [0.1, 0.15) is 17.2 Å². The number of benzene rings is 2. The average molecular weight is 516 g/mol. The highest BCUT2D eigenvalue weighted by molar-refractivity contribution is 7.92. The molecular weight excluding hydrogens is 489 g/mol. The quantitative estimate of drug-likeness (QED) is 0.487. The van der Waals surface area contributed by atoms with Gasteiger partial charge in [-0.25, -0.2) is 12.8 Å². The number of ether oxygens (including phenoxy) is 1. The van der Waals surface area contributed by atoms with Gasteiger partial charge < -0.3 is 19.8 Å². The van der Waals surface area contributed by atoms with E-state index in [1.54, 1.807) is 19.1 Å². The third-order valence-corrected chi connectivity index (χ3v) is 7.11. The van der Waals surface area contributed by atoms with Crippen molar-refractivity contribution >= 4 is 38.5 Å². The van der Waals surface area contributed by atoms with Crippen molar-refractivity contribution < 1.29 is 31.6 Å². The lowest BCUT2D eigenvalue weighted by Gasteiger charge is -2.25. The molecule has 11 heteroatoms. The SMILES string of the molecule is C=CC(=O)NC[C@@H]1CN(S(C)(=O)=O)c2cc3oc(-c4ccc(F)cc4)c(C(=O)NC)c3cc2[C@H](C)O1. The first kappa shape index (κ1) is 25.4. The van der Waals surface area contributed by atoms with Gasteiger partial charge in [-0.15, -0.1) is 0 Å². The van der Waals surface area contributed by atoms with Crippen molar-refractivity contribution in [2.45, 2.75) is 19.1 Å². The molecule has 2 atom stereocenters. The summed E-state index contributed by atoms with van der Waals surface area (Å²) in [5, 5.41) is 5.69. The second-order valence-corrected chi connectivity index (χ2v) is 10.3. The number of fused-ring (bicyclic) bond motifs is 2. The Balaban J connectivity index is 1.89. The van der Waals surface area contributed by atoms with Crippen molar-refractivity contribution in [3.8, 4) is 11.3 Å². The zero-order chi connectivity index (χ0) is 26.2. The molecule has 1 aliphatic rings. The molecule has 0 aliphatic carbocycles. The number of anilines is 1. The summed E-state index contributed by atoms with van der Waals surface area (Å²) in [6, 6.07) is 8.77. The van der Waals surface area contributed by atoms with Crippen molar-refractivity contribution in [2.24, 2.45) is 0 Å². The molecule has 2 amide bonds. The molecule has 36 heavy (non-hydrogen) atoms. The molecule has 1 aromatic heterocycles. The molecule has 0 spiro atoms. The minimum Gasteiger partial charge on any atom is -0.455 e. The molecule has 0 fully saturated rings. The summed E-state index contributed by atoms with van der Waals surface area (Å²) in [5.41, 5.74) is 1.88. The van der Waals surface area contributed by atoms with Crippen LogP contribution in [0.2, 0.25) is 0 Å². The zero-order valence-corrected chi connectivity index (χ0v) is 20.8. The molecule has 3 aromatic rings. The second-order valence-electron chi connectivity index (χ2n) is 8.44. The van der Waals surface area contributed by atoms with Crippen LogP contribution in [0, 0.1) is 5.82 Å². The Morgan fingerprint density at radius 2 is 1.94 bits per heavy atom. The molecule has 0 saturated heterocycles. The van der Waals surface area contributed by atoms with Crippen LogP contribution in [0.15, 0.2) is 53.5 Å². The van der Waals surface area contributed by atoms with Crippen molar-refractivity contribution in [3.63, 3.8) is 0 Å². The van der Waals surface area contributed by atoms with E-state index >= 15 is 0 Å². The van der Waals surface area contributed by atoms with Crippen LogP contribution >= 0.6 is 0 Å². The van der Waals surface area contributed by atoms with Gasteiger partial charge in [-0.2, -0.15) is 0 Å². The largest absolute Gasteiger partial charge is 0.455 e. The standard InChI is InChI=1S/C25H26FN3O6S/c1-5-22(30)28-12-17-13-29(36(4,32)33)20-11-21-19(10-18(20)14(2)34-17)23(25(31)27-3)24(35-21)15-6-8-16(26)9-7-15/h5-11,14,17H,1,12-13H2,2-4H3,(H,27,31)(H,28,30)/t14-,17+/m0/s1. The van der Waals surface area contributed by atoms with Gasteiger partial charge in [0.15, 0.2) is 0 Å². The van der Waals surface area contributed by atoms with Crippen LogP contribution in [-0.4, -0.2) is 52.7 Å². The van der Waals surface area contributed by atoms with E-state index in [0.717, 1.165) is 12.3 Å². The Bertz CT molecular complexity index is 1450. The number of carbonyl (C=O) groups is 2. The molecule has 190 valence electrons. The lowest BCUT2D eigenvalue weighted by atomic mass is 10.0. The van der Waals surface area contributed by atoms with Gasteiger partial charge in [0, 0.05) is 36.2 Å². The summed E-state index contributed by atoms with van der Waals surface area (Å²) in [5.74, 6) is -1.02. The highest BCUT2D eigenvalue weighted by Crippen LogP contribution is 2.42. The van der Waals surface area contributed by atoms with Crippen LogP contribution in [0.5, 0.6) is 0 Å². The average Bonchev–Trinajstić information content (AvgIpc) is 3.14. The Labute approximate surface area is 208 Å². The fourth-order valence-electron chi connectivity index (χ4n) is 4.25. The van der Waals surface area contributed by atoms with Gasteiger partial charge >= 0.3 is 0 Å². The molecule has 0 bridgehead atoms. The third kappa shape index (κ3) is 4.84. The molecule has 0 radical (unpaired) electrons. The van der Waals surface area contributed by atoms with Gasteiger partial charge in [0.05, 0.1) is 36.3 Å². The third-order valence-electron chi connectivity index (χ3n) is 5.96. The normalized spacial score (nSPS) is 17.8. The smallest absolute Gasteiger partial charge is 0.255 e. The number of hydrogen-bond acceptors (Lipinski definition) is 6. The molecular formula is C25H26FN3O6S. The number of furan rings is 1. The first-order valence-corrected chi connectivity index (χ1v) is 13.0. The maximum Gasteiger partial charge on any atom is 0.255 e. The molecule has 9 nitrogen and oxygen atoms in total. The fraction of sp³-hybridized carbons (Fsp3) is 0.280. The van der Waals surface area contributed by atoms with Crippen LogP contribution in [0.4, 0.5) is 10.1 Å². The number of hydrogen-bond donors (Lipinski definition) is 2. The van der Waals surface area contributed by atoms with E-state index in [2.05, 4.69) is 17.2 Å². The van der Waals surface area contributed by atoms with Crippen LogP contribution in [0.1, 0.15) is 28.9 Å². The summed E-state index contributed by atoms with van der Waals surface area (Å²) < 4.78 is 52.5. The minimum absolute atomic E-state index is 0.0487. The molecule has 1 aliphatic heterocycles. The van der Waals surface area contributed by atoms with Crippen LogP contribution in [0.3, 0.4) is 0 Å². The summed E-state index contributed by atoms with van der Waals surface area (Å²) in [7, 11) is -2.27. The second kappa shape index (κ2) is 9.75. The Morgan fingerprint density at radius 1 is 1.25 bits per heavy atom. The van der Waals surface area contributed by atoms with Crippen molar-refractivity contribution in [1.82, 2.24) is 10.6 Å². The summed E-state index contributed by atoms with van der Waals surface area (Å²) in [4.78, 5) is 24.5. The van der Waals surface area contributed by atoms with E-state index in [0.29, 0.717) is 22.2 Å². The number of amides is 2. The monoisotopic (exact) mass is 515 g/mol. The predicted molar refractivity (Wildman–Crippen MR) is 134 cm³/mol. The molecule has 0 unspecified atom stereocenters. The molecule has 2 heterocycles. The highest BCUT2D eigenvalue weighted by Gasteiger charge is 2.33. The zero-order valence-electron chi connectivity index (χ0n) is 20.0. The molecule has 2 N–H and O–H groups in total. The number of rotatable bonds is 6. The topological polar surface area (TPSA) is 118 Å². The van der Waals surface area contributed by atoms with Crippen LogP contribution < -0.4 is 14.9 Å². The van der Waals surface area contributed by atoms with Gasteiger partial charge in [0.2, 0.25) is 15.9 Å². The van der Waals surface area contributed by atoms with Gasteiger partial charge in [0.25, 0.3) is 5.91 Å². The first-order valence-electron chi connectivity index (χ1n) is 11.1. The van der Waals surface area contributed by atoms with E-state index in [9.17, 15) is 22.4 Å². The lowest BCUT2D eigenvalue weighted by Crippen LogP contribution is -2.42. The first-order chi connectivity index (χ1) is 17.0. The Morgan fingerprint density at radius 3 is 2.56 bits per heavy atom. The maximum absolute atomic E-state index is 13.5. The van der Waals surface area contributed by atoms with E-state index in [-0.39, 0.29) is 30.0 Å². The molecule has 0 saturated carbocycles. The van der Waals surface area contributed by atoms with Crippen molar-refractivity contribution in [1.29, 1.82) is 0 Å². The van der Waals surface area contributed by atoms with Crippen LogP contribution in [0.25, 0.3) is 22.3 Å². The highest BCUT2D eigenvalue weighted by atomic mass is 32.2. The summed E-state index contributed by atoms with van der Waals surface area (Å²) >= 11 is 0.